The minimum absolute atomic E-state index is 0.314. The van der Waals surface area contributed by atoms with E-state index in [0.29, 0.717) is 5.54 Å². The summed E-state index contributed by atoms with van der Waals surface area (Å²) in [5.41, 5.74) is 0.314. The quantitative estimate of drug-likeness (QED) is 0.699. The standard InChI is InChI=1S/C12H23N3/c1-4-12(3,5-2)14-7-6-9-15-10-8-13-11-15/h8,10-11,14H,4-7,9H2,1-3H3. The molecule has 0 atom stereocenters. The Morgan fingerprint density at radius 3 is 2.60 bits per heavy atom. The van der Waals surface area contributed by atoms with Crippen LogP contribution in [-0.4, -0.2) is 21.6 Å². The van der Waals surface area contributed by atoms with Crippen molar-refractivity contribution in [3.05, 3.63) is 18.7 Å². The number of imidazole rings is 1. The van der Waals surface area contributed by atoms with Crippen LogP contribution in [0, 0.1) is 0 Å². The Kier molecular flexibility index (Phi) is 4.82. The molecule has 1 aromatic heterocycles. The van der Waals surface area contributed by atoms with Gasteiger partial charge in [-0.25, -0.2) is 4.98 Å². The second-order valence-corrected chi connectivity index (χ2v) is 4.35. The van der Waals surface area contributed by atoms with Gasteiger partial charge in [-0.1, -0.05) is 13.8 Å². The van der Waals surface area contributed by atoms with Gasteiger partial charge in [0.25, 0.3) is 0 Å². The van der Waals surface area contributed by atoms with Crippen molar-refractivity contribution in [2.24, 2.45) is 0 Å². The van der Waals surface area contributed by atoms with E-state index < -0.39 is 0 Å². The first-order chi connectivity index (χ1) is 7.20. The SMILES string of the molecule is CCC(C)(CC)NCCCn1ccnc1. The molecule has 0 saturated carbocycles. The zero-order valence-electron chi connectivity index (χ0n) is 10.2. The van der Waals surface area contributed by atoms with Crippen LogP contribution in [0.4, 0.5) is 0 Å². The fourth-order valence-electron chi connectivity index (χ4n) is 1.57. The predicted molar refractivity (Wildman–Crippen MR) is 63.8 cm³/mol. The largest absolute Gasteiger partial charge is 0.337 e. The highest BCUT2D eigenvalue weighted by Crippen LogP contribution is 2.13. The molecule has 1 rings (SSSR count). The molecule has 0 aliphatic carbocycles. The van der Waals surface area contributed by atoms with Crippen molar-refractivity contribution >= 4 is 0 Å². The number of hydrogen-bond acceptors (Lipinski definition) is 2. The van der Waals surface area contributed by atoms with E-state index in [2.05, 4.69) is 35.6 Å². The second-order valence-electron chi connectivity index (χ2n) is 4.35. The smallest absolute Gasteiger partial charge is 0.0945 e. The summed E-state index contributed by atoms with van der Waals surface area (Å²) in [5, 5.41) is 3.62. The molecule has 0 amide bonds. The number of aromatic nitrogens is 2. The van der Waals surface area contributed by atoms with E-state index in [4.69, 9.17) is 0 Å². The molecule has 0 aromatic carbocycles. The van der Waals surface area contributed by atoms with E-state index in [9.17, 15) is 0 Å². The summed E-state index contributed by atoms with van der Waals surface area (Å²) in [6.45, 7) is 8.91. The fourth-order valence-corrected chi connectivity index (χ4v) is 1.57. The second kappa shape index (κ2) is 5.91. The first kappa shape index (κ1) is 12.2. The van der Waals surface area contributed by atoms with Gasteiger partial charge in [0, 0.05) is 24.5 Å². The molecular weight excluding hydrogens is 186 g/mol. The van der Waals surface area contributed by atoms with Crippen LogP contribution in [-0.2, 0) is 6.54 Å². The maximum Gasteiger partial charge on any atom is 0.0945 e. The summed E-state index contributed by atoms with van der Waals surface area (Å²) in [4.78, 5) is 4.02. The molecule has 0 spiro atoms. The van der Waals surface area contributed by atoms with Gasteiger partial charge in [0.2, 0.25) is 0 Å². The maximum atomic E-state index is 4.02. The Balaban J connectivity index is 2.16. The van der Waals surface area contributed by atoms with Crippen molar-refractivity contribution < 1.29 is 0 Å². The number of nitrogens with zero attached hydrogens (tertiary/aromatic N) is 2. The molecule has 1 heterocycles. The van der Waals surface area contributed by atoms with Crippen molar-refractivity contribution in [1.82, 2.24) is 14.9 Å². The molecule has 0 unspecified atom stereocenters. The van der Waals surface area contributed by atoms with E-state index in [1.165, 1.54) is 12.8 Å². The van der Waals surface area contributed by atoms with Gasteiger partial charge in [0.05, 0.1) is 6.33 Å². The minimum atomic E-state index is 0.314. The number of nitrogens with one attached hydrogen (secondary N) is 1. The molecule has 0 saturated heterocycles. The zero-order valence-corrected chi connectivity index (χ0v) is 10.2. The highest BCUT2D eigenvalue weighted by Gasteiger charge is 2.17. The molecule has 0 radical (unpaired) electrons. The molecule has 0 bridgehead atoms. The Morgan fingerprint density at radius 1 is 1.33 bits per heavy atom. The van der Waals surface area contributed by atoms with Crippen LogP contribution in [0.3, 0.4) is 0 Å². The summed E-state index contributed by atoms with van der Waals surface area (Å²) in [6.07, 6.45) is 9.25. The Morgan fingerprint density at radius 2 is 2.07 bits per heavy atom. The third-order valence-electron chi connectivity index (χ3n) is 3.26. The highest BCUT2D eigenvalue weighted by molar-refractivity contribution is 4.79. The molecule has 0 aliphatic heterocycles. The van der Waals surface area contributed by atoms with Crippen molar-refractivity contribution in [1.29, 1.82) is 0 Å². The lowest BCUT2D eigenvalue weighted by atomic mass is 9.95. The normalized spacial score (nSPS) is 11.9. The molecule has 3 nitrogen and oxygen atoms in total. The summed E-state index contributed by atoms with van der Waals surface area (Å²) in [7, 11) is 0. The monoisotopic (exact) mass is 209 g/mol. The summed E-state index contributed by atoms with van der Waals surface area (Å²) >= 11 is 0. The lowest BCUT2D eigenvalue weighted by Gasteiger charge is -2.28. The van der Waals surface area contributed by atoms with Gasteiger partial charge < -0.3 is 9.88 Å². The first-order valence-electron chi connectivity index (χ1n) is 5.91. The van der Waals surface area contributed by atoms with Gasteiger partial charge in [-0.15, -0.1) is 0 Å². The van der Waals surface area contributed by atoms with Crippen molar-refractivity contribution in [3.63, 3.8) is 0 Å². The minimum Gasteiger partial charge on any atom is -0.337 e. The highest BCUT2D eigenvalue weighted by atomic mass is 15.0. The molecule has 86 valence electrons. The van der Waals surface area contributed by atoms with Crippen LogP contribution in [0.25, 0.3) is 0 Å². The molecule has 3 heteroatoms. The summed E-state index contributed by atoms with van der Waals surface area (Å²) < 4.78 is 2.12. The summed E-state index contributed by atoms with van der Waals surface area (Å²) in [6, 6.07) is 0. The topological polar surface area (TPSA) is 29.9 Å². The third-order valence-corrected chi connectivity index (χ3v) is 3.26. The lowest BCUT2D eigenvalue weighted by Crippen LogP contribution is -2.41. The number of rotatable bonds is 7. The van der Waals surface area contributed by atoms with Crippen LogP contribution in [0.2, 0.25) is 0 Å². The molecule has 15 heavy (non-hydrogen) atoms. The van der Waals surface area contributed by atoms with E-state index in [-0.39, 0.29) is 0 Å². The van der Waals surface area contributed by atoms with E-state index >= 15 is 0 Å². The van der Waals surface area contributed by atoms with Crippen LogP contribution < -0.4 is 5.32 Å². The van der Waals surface area contributed by atoms with Gasteiger partial charge in [-0.05, 0) is 32.7 Å². The molecule has 1 N–H and O–H groups in total. The predicted octanol–water partition coefficient (Wildman–Crippen LogP) is 2.44. The molecule has 0 aliphatic rings. The van der Waals surface area contributed by atoms with Gasteiger partial charge in [0.15, 0.2) is 0 Å². The van der Waals surface area contributed by atoms with Crippen LogP contribution in [0.1, 0.15) is 40.0 Å². The molecule has 0 fully saturated rings. The van der Waals surface area contributed by atoms with Crippen molar-refractivity contribution in [2.75, 3.05) is 6.54 Å². The van der Waals surface area contributed by atoms with Gasteiger partial charge >= 0.3 is 0 Å². The lowest BCUT2D eigenvalue weighted by molar-refractivity contribution is 0.327. The van der Waals surface area contributed by atoms with Crippen LogP contribution in [0.5, 0.6) is 0 Å². The average Bonchev–Trinajstić information content (AvgIpc) is 2.77. The third kappa shape index (κ3) is 4.04. The van der Waals surface area contributed by atoms with E-state index in [1.54, 1.807) is 0 Å². The fraction of sp³-hybridized carbons (Fsp3) is 0.750. The van der Waals surface area contributed by atoms with Gasteiger partial charge in [-0.2, -0.15) is 0 Å². The average molecular weight is 209 g/mol. The van der Waals surface area contributed by atoms with Crippen molar-refractivity contribution in [2.45, 2.75) is 52.1 Å². The van der Waals surface area contributed by atoms with E-state index in [1.807, 2.05) is 18.7 Å². The maximum absolute atomic E-state index is 4.02. The number of hydrogen-bond donors (Lipinski definition) is 1. The Bertz CT molecular complexity index is 250. The zero-order chi connectivity index (χ0) is 11.1. The molecular formula is C12H23N3. The van der Waals surface area contributed by atoms with Crippen LogP contribution in [0.15, 0.2) is 18.7 Å². The van der Waals surface area contributed by atoms with E-state index in [0.717, 1.165) is 19.5 Å². The van der Waals surface area contributed by atoms with Crippen molar-refractivity contribution in [3.8, 4) is 0 Å². The van der Waals surface area contributed by atoms with Gasteiger partial charge in [0.1, 0.15) is 0 Å². The van der Waals surface area contributed by atoms with Crippen LogP contribution >= 0.6 is 0 Å². The number of aryl methyl sites for hydroxylation is 1. The Hall–Kier alpha value is -0.830. The summed E-state index contributed by atoms with van der Waals surface area (Å²) in [5.74, 6) is 0. The first-order valence-corrected chi connectivity index (χ1v) is 5.91. The molecule has 1 aromatic rings. The van der Waals surface area contributed by atoms with Gasteiger partial charge in [-0.3, -0.25) is 0 Å². The Labute approximate surface area is 92.9 Å².